The number of nitrogens with zero attached hydrogens (tertiary/aromatic N) is 1. The maximum Gasteiger partial charge on any atom is 0.245 e. The van der Waals surface area contributed by atoms with Crippen LogP contribution >= 0.6 is 0 Å². The van der Waals surface area contributed by atoms with Gasteiger partial charge >= 0.3 is 0 Å². The first kappa shape index (κ1) is 15.3. The first-order valence-electron chi connectivity index (χ1n) is 7.42. The zero-order chi connectivity index (χ0) is 14.7. The molecule has 0 aromatic heterocycles. The van der Waals surface area contributed by atoms with Crippen molar-refractivity contribution in [3.8, 4) is 0 Å². The maximum absolute atomic E-state index is 12.7. The van der Waals surface area contributed by atoms with Crippen molar-refractivity contribution in [3.63, 3.8) is 0 Å². The number of ether oxygens (including phenoxy) is 1. The lowest BCUT2D eigenvalue weighted by atomic mass is 9.99. The Morgan fingerprint density at radius 2 is 2.15 bits per heavy atom. The van der Waals surface area contributed by atoms with Crippen LogP contribution in [-0.4, -0.2) is 61.1 Å². The van der Waals surface area contributed by atoms with Crippen LogP contribution in [0.4, 0.5) is 0 Å². The molecule has 20 heavy (non-hydrogen) atoms. The number of morpholine rings is 1. The van der Waals surface area contributed by atoms with Crippen LogP contribution in [0.2, 0.25) is 0 Å². The molecule has 2 fully saturated rings. The quantitative estimate of drug-likeness (QED) is 0.748. The van der Waals surface area contributed by atoms with Crippen molar-refractivity contribution in [3.05, 3.63) is 0 Å². The van der Waals surface area contributed by atoms with E-state index in [9.17, 15) is 9.59 Å². The van der Waals surface area contributed by atoms with Gasteiger partial charge in [0.15, 0.2) is 0 Å². The summed E-state index contributed by atoms with van der Waals surface area (Å²) < 4.78 is 5.38. The van der Waals surface area contributed by atoms with E-state index in [4.69, 9.17) is 4.74 Å². The lowest BCUT2D eigenvalue weighted by Gasteiger charge is -2.37. The Labute approximate surface area is 120 Å². The van der Waals surface area contributed by atoms with Gasteiger partial charge in [0.1, 0.15) is 6.04 Å². The molecule has 2 heterocycles. The summed E-state index contributed by atoms with van der Waals surface area (Å²) in [7, 11) is 0. The van der Waals surface area contributed by atoms with Gasteiger partial charge in [-0.2, -0.15) is 0 Å². The SMILES string of the molecule is CC(C)NC(=O)C1COCCN1C(=O)C1CCNC1C. The van der Waals surface area contributed by atoms with Crippen LogP contribution < -0.4 is 10.6 Å². The molecule has 0 aromatic rings. The summed E-state index contributed by atoms with van der Waals surface area (Å²) in [5.41, 5.74) is 0. The van der Waals surface area contributed by atoms with E-state index in [1.165, 1.54) is 0 Å². The average molecular weight is 283 g/mol. The third-order valence-corrected chi connectivity index (χ3v) is 3.99. The van der Waals surface area contributed by atoms with Crippen molar-refractivity contribution in [2.75, 3.05) is 26.3 Å². The van der Waals surface area contributed by atoms with E-state index in [1.807, 2.05) is 20.8 Å². The summed E-state index contributed by atoms with van der Waals surface area (Å²) in [6, 6.07) is -0.251. The molecule has 2 N–H and O–H groups in total. The Hall–Kier alpha value is -1.14. The first-order valence-corrected chi connectivity index (χ1v) is 7.42. The summed E-state index contributed by atoms with van der Waals surface area (Å²) in [6.07, 6.45) is 0.843. The first-order chi connectivity index (χ1) is 9.50. The van der Waals surface area contributed by atoms with E-state index in [0.717, 1.165) is 13.0 Å². The zero-order valence-electron chi connectivity index (χ0n) is 12.5. The zero-order valence-corrected chi connectivity index (χ0v) is 12.5. The molecule has 2 saturated heterocycles. The molecule has 6 heteroatoms. The summed E-state index contributed by atoms with van der Waals surface area (Å²) in [6.45, 7) is 8.01. The van der Waals surface area contributed by atoms with Crippen LogP contribution in [0.3, 0.4) is 0 Å². The molecule has 2 aliphatic rings. The van der Waals surface area contributed by atoms with Gasteiger partial charge in [-0.05, 0) is 33.7 Å². The van der Waals surface area contributed by atoms with Crippen molar-refractivity contribution in [2.45, 2.75) is 45.3 Å². The van der Waals surface area contributed by atoms with Gasteiger partial charge in [0.25, 0.3) is 0 Å². The minimum Gasteiger partial charge on any atom is -0.377 e. The Kier molecular flexibility index (Phi) is 4.99. The molecule has 0 radical (unpaired) electrons. The molecule has 3 atom stereocenters. The predicted octanol–water partition coefficient (Wildman–Crippen LogP) is -0.264. The van der Waals surface area contributed by atoms with Crippen molar-refractivity contribution in [2.24, 2.45) is 5.92 Å². The van der Waals surface area contributed by atoms with E-state index in [1.54, 1.807) is 4.90 Å². The van der Waals surface area contributed by atoms with Crippen LogP contribution in [-0.2, 0) is 14.3 Å². The van der Waals surface area contributed by atoms with Crippen LogP contribution in [0.25, 0.3) is 0 Å². The molecular weight excluding hydrogens is 258 g/mol. The summed E-state index contributed by atoms with van der Waals surface area (Å²) in [4.78, 5) is 26.6. The molecule has 0 bridgehead atoms. The molecule has 0 aliphatic carbocycles. The number of amides is 2. The second-order valence-electron chi connectivity index (χ2n) is 5.92. The largest absolute Gasteiger partial charge is 0.377 e. The van der Waals surface area contributed by atoms with Crippen molar-refractivity contribution >= 4 is 11.8 Å². The monoisotopic (exact) mass is 283 g/mol. The van der Waals surface area contributed by atoms with Gasteiger partial charge in [0, 0.05) is 18.6 Å². The van der Waals surface area contributed by atoms with E-state index >= 15 is 0 Å². The number of carbonyl (C=O) groups is 2. The number of hydrogen-bond acceptors (Lipinski definition) is 4. The number of carbonyl (C=O) groups excluding carboxylic acids is 2. The fraction of sp³-hybridized carbons (Fsp3) is 0.857. The van der Waals surface area contributed by atoms with Crippen molar-refractivity contribution < 1.29 is 14.3 Å². The highest BCUT2D eigenvalue weighted by Crippen LogP contribution is 2.21. The minimum atomic E-state index is -0.494. The van der Waals surface area contributed by atoms with Gasteiger partial charge in [-0.1, -0.05) is 0 Å². The molecule has 6 nitrogen and oxygen atoms in total. The van der Waals surface area contributed by atoms with Crippen LogP contribution in [0.1, 0.15) is 27.2 Å². The molecule has 114 valence electrons. The Morgan fingerprint density at radius 1 is 1.40 bits per heavy atom. The number of hydrogen-bond donors (Lipinski definition) is 2. The van der Waals surface area contributed by atoms with Crippen LogP contribution in [0, 0.1) is 5.92 Å². The molecular formula is C14H25N3O3. The van der Waals surface area contributed by atoms with Crippen molar-refractivity contribution in [1.82, 2.24) is 15.5 Å². The summed E-state index contributed by atoms with van der Waals surface area (Å²) in [5, 5.41) is 6.16. The standard InChI is InChI=1S/C14H25N3O3/c1-9(2)16-13(18)12-8-20-7-6-17(12)14(19)11-4-5-15-10(11)3/h9-12,15H,4-8H2,1-3H3,(H,16,18). The lowest BCUT2D eigenvalue weighted by molar-refractivity contribution is -0.151. The van der Waals surface area contributed by atoms with Crippen LogP contribution in [0.15, 0.2) is 0 Å². The number of rotatable bonds is 3. The minimum absolute atomic E-state index is 0.0255. The highest BCUT2D eigenvalue weighted by atomic mass is 16.5. The summed E-state index contributed by atoms with van der Waals surface area (Å²) in [5.74, 6) is -0.0659. The average Bonchev–Trinajstić information content (AvgIpc) is 2.83. The maximum atomic E-state index is 12.7. The molecule has 0 spiro atoms. The van der Waals surface area contributed by atoms with Gasteiger partial charge in [-0.3, -0.25) is 9.59 Å². The van der Waals surface area contributed by atoms with Crippen LogP contribution in [0.5, 0.6) is 0 Å². The molecule has 0 saturated carbocycles. The van der Waals surface area contributed by atoms with E-state index < -0.39 is 6.04 Å². The highest BCUT2D eigenvalue weighted by Gasteiger charge is 2.39. The fourth-order valence-electron chi connectivity index (χ4n) is 2.87. The Balaban J connectivity index is 2.06. The van der Waals surface area contributed by atoms with Gasteiger partial charge < -0.3 is 20.3 Å². The third-order valence-electron chi connectivity index (χ3n) is 3.99. The van der Waals surface area contributed by atoms with E-state index in [-0.39, 0.29) is 29.8 Å². The predicted molar refractivity (Wildman–Crippen MR) is 75.2 cm³/mol. The van der Waals surface area contributed by atoms with Gasteiger partial charge in [0.05, 0.1) is 19.1 Å². The molecule has 2 rings (SSSR count). The molecule has 2 aliphatic heterocycles. The topological polar surface area (TPSA) is 70.7 Å². The Bertz CT molecular complexity index is 373. The van der Waals surface area contributed by atoms with E-state index in [0.29, 0.717) is 19.8 Å². The number of nitrogens with one attached hydrogen (secondary N) is 2. The second-order valence-corrected chi connectivity index (χ2v) is 5.92. The molecule has 0 aromatic carbocycles. The molecule has 2 amide bonds. The highest BCUT2D eigenvalue weighted by molar-refractivity contribution is 5.89. The van der Waals surface area contributed by atoms with Gasteiger partial charge in [-0.25, -0.2) is 0 Å². The lowest BCUT2D eigenvalue weighted by Crippen LogP contribution is -2.58. The molecule has 3 unspecified atom stereocenters. The van der Waals surface area contributed by atoms with Gasteiger partial charge in [0.2, 0.25) is 11.8 Å². The van der Waals surface area contributed by atoms with E-state index in [2.05, 4.69) is 10.6 Å². The fourth-order valence-corrected chi connectivity index (χ4v) is 2.87. The normalized spacial score (nSPS) is 30.6. The smallest absolute Gasteiger partial charge is 0.245 e. The second kappa shape index (κ2) is 6.54. The van der Waals surface area contributed by atoms with Gasteiger partial charge in [-0.15, -0.1) is 0 Å². The summed E-state index contributed by atoms with van der Waals surface area (Å²) >= 11 is 0. The Morgan fingerprint density at radius 3 is 2.75 bits per heavy atom. The third kappa shape index (κ3) is 3.30. The van der Waals surface area contributed by atoms with Crippen molar-refractivity contribution in [1.29, 1.82) is 0 Å².